The molecule has 0 bridgehead atoms. The van der Waals surface area contributed by atoms with Crippen molar-refractivity contribution in [2.24, 2.45) is 5.92 Å². The first kappa shape index (κ1) is 8.47. The molecular weight excluding hydrogens is 116 g/mol. The summed E-state index contributed by atoms with van der Waals surface area (Å²) in [5.41, 5.74) is 0. The normalized spacial score (nSPS) is 13.1. The van der Waals surface area contributed by atoms with Gasteiger partial charge >= 0.3 is 5.97 Å². The first-order valence-electron chi connectivity index (χ1n) is 3.24. The Bertz CT molecular complexity index is 88.9. The number of hydrogen-bond acceptors (Lipinski definition) is 1. The van der Waals surface area contributed by atoms with Crippen molar-refractivity contribution in [3.8, 4) is 0 Å². The molecule has 1 N–H and O–H groups in total. The van der Waals surface area contributed by atoms with Crippen LogP contribution in [0.2, 0.25) is 0 Å². The molecule has 0 heterocycles. The topological polar surface area (TPSA) is 37.3 Å². The fourth-order valence-corrected chi connectivity index (χ4v) is 0.517. The van der Waals surface area contributed by atoms with Crippen LogP contribution in [0.15, 0.2) is 0 Å². The summed E-state index contributed by atoms with van der Waals surface area (Å²) in [4.78, 5) is 10.2. The van der Waals surface area contributed by atoms with Gasteiger partial charge in [0.2, 0.25) is 0 Å². The minimum atomic E-state index is -0.733. The van der Waals surface area contributed by atoms with E-state index in [1.807, 2.05) is 13.3 Å². The highest BCUT2D eigenvalue weighted by molar-refractivity contribution is 5.70. The maximum absolute atomic E-state index is 10.2. The smallest absolute Gasteiger partial charge is 0.306 e. The van der Waals surface area contributed by atoms with Crippen LogP contribution >= 0.6 is 0 Å². The Kier molecular flexibility index (Phi) is 4.10. The molecule has 1 unspecified atom stereocenters. The molecule has 0 aromatic rings. The van der Waals surface area contributed by atoms with Crippen LogP contribution in [0.4, 0.5) is 0 Å². The summed E-state index contributed by atoms with van der Waals surface area (Å²) >= 11 is 0. The van der Waals surface area contributed by atoms with Gasteiger partial charge < -0.3 is 5.11 Å². The molecule has 1 radical (unpaired) electrons. The lowest BCUT2D eigenvalue weighted by Gasteiger charge is -2.01. The van der Waals surface area contributed by atoms with Crippen LogP contribution in [0.25, 0.3) is 0 Å². The molecule has 0 aliphatic carbocycles. The number of unbranched alkanes of at least 4 members (excludes halogenated alkanes) is 1. The summed E-state index contributed by atoms with van der Waals surface area (Å²) in [6, 6.07) is 0. The zero-order valence-electron chi connectivity index (χ0n) is 5.92. The molecule has 0 fully saturated rings. The summed E-state index contributed by atoms with van der Waals surface area (Å²) in [7, 11) is 0. The molecule has 0 aliphatic rings. The number of rotatable bonds is 4. The van der Waals surface area contributed by atoms with Gasteiger partial charge in [-0.1, -0.05) is 20.3 Å². The highest BCUT2D eigenvalue weighted by Gasteiger charge is 2.08. The number of carbonyl (C=O) groups is 1. The second kappa shape index (κ2) is 4.36. The Labute approximate surface area is 55.9 Å². The summed E-state index contributed by atoms with van der Waals surface area (Å²) in [6.45, 7) is 3.73. The van der Waals surface area contributed by atoms with Crippen LogP contribution < -0.4 is 0 Å². The second-order valence-corrected chi connectivity index (χ2v) is 2.15. The van der Waals surface area contributed by atoms with E-state index >= 15 is 0 Å². The molecule has 0 rings (SSSR count). The molecule has 0 saturated carbocycles. The third-order valence-electron chi connectivity index (χ3n) is 1.20. The van der Waals surface area contributed by atoms with Crippen molar-refractivity contribution < 1.29 is 9.90 Å². The van der Waals surface area contributed by atoms with Gasteiger partial charge in [-0.2, -0.15) is 0 Å². The molecule has 0 amide bonds. The predicted octanol–water partition coefficient (Wildman–Crippen LogP) is 1.71. The zero-order valence-corrected chi connectivity index (χ0v) is 5.92. The van der Waals surface area contributed by atoms with E-state index in [0.29, 0.717) is 0 Å². The Morgan fingerprint density at radius 3 is 2.67 bits per heavy atom. The monoisotopic (exact) mass is 129 g/mol. The average molecular weight is 129 g/mol. The van der Waals surface area contributed by atoms with Gasteiger partial charge in [0.15, 0.2) is 0 Å². The zero-order chi connectivity index (χ0) is 7.28. The minimum Gasteiger partial charge on any atom is -0.481 e. The van der Waals surface area contributed by atoms with Crippen LogP contribution in [0.1, 0.15) is 26.7 Å². The van der Waals surface area contributed by atoms with E-state index in [1.165, 1.54) is 0 Å². The Hall–Kier alpha value is -0.530. The number of carboxylic acid groups (broad SMARTS) is 1. The lowest BCUT2D eigenvalue weighted by Crippen LogP contribution is -2.09. The third kappa shape index (κ3) is 4.01. The average Bonchev–Trinajstić information content (AvgIpc) is 1.82. The molecule has 9 heavy (non-hydrogen) atoms. The van der Waals surface area contributed by atoms with E-state index in [2.05, 4.69) is 0 Å². The van der Waals surface area contributed by atoms with Crippen LogP contribution in [0.3, 0.4) is 0 Å². The van der Waals surface area contributed by atoms with E-state index in [-0.39, 0.29) is 5.92 Å². The summed E-state index contributed by atoms with van der Waals surface area (Å²) in [6.07, 6.45) is 3.74. The number of hydrogen-bond donors (Lipinski definition) is 1. The molecule has 0 saturated heterocycles. The van der Waals surface area contributed by atoms with Gasteiger partial charge in [-0.05, 0) is 12.8 Å². The summed E-state index contributed by atoms with van der Waals surface area (Å²) in [5, 5.41) is 8.38. The summed E-state index contributed by atoms with van der Waals surface area (Å²) < 4.78 is 0. The van der Waals surface area contributed by atoms with E-state index < -0.39 is 5.97 Å². The Morgan fingerprint density at radius 1 is 1.78 bits per heavy atom. The molecule has 1 atom stereocenters. The quantitative estimate of drug-likeness (QED) is 0.627. The van der Waals surface area contributed by atoms with Gasteiger partial charge in [-0.25, -0.2) is 0 Å². The predicted molar refractivity (Wildman–Crippen MR) is 36.0 cm³/mol. The Morgan fingerprint density at radius 2 is 2.33 bits per heavy atom. The molecule has 0 spiro atoms. The lowest BCUT2D eigenvalue weighted by molar-refractivity contribution is -0.140. The van der Waals surface area contributed by atoms with Gasteiger partial charge in [0, 0.05) is 0 Å². The van der Waals surface area contributed by atoms with E-state index in [9.17, 15) is 4.79 Å². The molecule has 0 aromatic heterocycles. The standard InChI is InChI=1S/C7H13O2/c1-3-4-5-6(2)7(8)9/h5-6H,3-4H2,1-2H3,(H,8,9). The van der Waals surface area contributed by atoms with Gasteiger partial charge in [-0.3, -0.25) is 4.79 Å². The number of aliphatic carboxylic acids is 1. The van der Waals surface area contributed by atoms with Gasteiger partial charge in [0.05, 0.1) is 5.92 Å². The van der Waals surface area contributed by atoms with Gasteiger partial charge in [-0.15, -0.1) is 0 Å². The summed E-state index contributed by atoms with van der Waals surface area (Å²) in [5.74, 6) is -1.02. The Balaban J connectivity index is 3.27. The van der Waals surface area contributed by atoms with Crippen LogP contribution in [0.5, 0.6) is 0 Å². The SMILES string of the molecule is CCC[CH]C(C)C(=O)O. The van der Waals surface area contributed by atoms with Crippen molar-refractivity contribution in [1.29, 1.82) is 0 Å². The highest BCUT2D eigenvalue weighted by Crippen LogP contribution is 2.04. The van der Waals surface area contributed by atoms with Crippen molar-refractivity contribution in [2.75, 3.05) is 0 Å². The van der Waals surface area contributed by atoms with E-state index in [4.69, 9.17) is 5.11 Å². The third-order valence-corrected chi connectivity index (χ3v) is 1.20. The molecule has 53 valence electrons. The minimum absolute atomic E-state index is 0.287. The van der Waals surface area contributed by atoms with Crippen LogP contribution in [-0.4, -0.2) is 11.1 Å². The molecule has 0 aromatic carbocycles. The largest absolute Gasteiger partial charge is 0.481 e. The molecule has 2 nitrogen and oxygen atoms in total. The van der Waals surface area contributed by atoms with Crippen molar-refractivity contribution >= 4 is 5.97 Å². The fraction of sp³-hybridized carbons (Fsp3) is 0.714. The van der Waals surface area contributed by atoms with Crippen LogP contribution in [0, 0.1) is 12.3 Å². The highest BCUT2D eigenvalue weighted by atomic mass is 16.4. The van der Waals surface area contributed by atoms with Crippen molar-refractivity contribution in [2.45, 2.75) is 26.7 Å². The first-order valence-corrected chi connectivity index (χ1v) is 3.24. The van der Waals surface area contributed by atoms with E-state index in [1.54, 1.807) is 6.92 Å². The first-order chi connectivity index (χ1) is 4.18. The van der Waals surface area contributed by atoms with E-state index in [0.717, 1.165) is 12.8 Å². The lowest BCUT2D eigenvalue weighted by atomic mass is 10.1. The number of carboxylic acids is 1. The maximum Gasteiger partial charge on any atom is 0.306 e. The fourth-order valence-electron chi connectivity index (χ4n) is 0.517. The molecule has 2 heteroatoms. The van der Waals surface area contributed by atoms with Gasteiger partial charge in [0.25, 0.3) is 0 Å². The second-order valence-electron chi connectivity index (χ2n) is 2.15. The van der Waals surface area contributed by atoms with Gasteiger partial charge in [0.1, 0.15) is 0 Å². The molecule has 0 aliphatic heterocycles. The van der Waals surface area contributed by atoms with Crippen molar-refractivity contribution in [3.05, 3.63) is 6.42 Å². The van der Waals surface area contributed by atoms with Crippen LogP contribution in [-0.2, 0) is 4.79 Å². The van der Waals surface area contributed by atoms with Crippen molar-refractivity contribution in [1.82, 2.24) is 0 Å². The molecular formula is C7H13O2. The van der Waals surface area contributed by atoms with Crippen molar-refractivity contribution in [3.63, 3.8) is 0 Å². The maximum atomic E-state index is 10.2.